The summed E-state index contributed by atoms with van der Waals surface area (Å²) >= 11 is 0. The lowest BCUT2D eigenvalue weighted by Gasteiger charge is -2.28. The standard InChI is InChI=1S/C20H20N2O/c1-20(17-11-7-4-8-12-17,15-16-9-5-3-6-10-16)18(23)19-21-13-14-22(19)2/h3-14H,15H2,1-2H3. The molecule has 0 N–H and O–H groups in total. The van der Waals surface area contributed by atoms with Gasteiger partial charge in [0.15, 0.2) is 5.82 Å². The molecule has 1 heterocycles. The number of benzene rings is 2. The van der Waals surface area contributed by atoms with Crippen molar-refractivity contribution in [2.24, 2.45) is 7.05 Å². The maximum Gasteiger partial charge on any atom is 0.208 e. The molecule has 0 aliphatic rings. The summed E-state index contributed by atoms with van der Waals surface area (Å²) in [5.74, 6) is 0.535. The second kappa shape index (κ2) is 6.21. The van der Waals surface area contributed by atoms with E-state index in [0.29, 0.717) is 12.2 Å². The highest BCUT2D eigenvalue weighted by molar-refractivity contribution is 6.01. The fourth-order valence-corrected chi connectivity index (χ4v) is 2.95. The first-order chi connectivity index (χ1) is 11.1. The molecule has 0 fully saturated rings. The van der Waals surface area contributed by atoms with Crippen molar-refractivity contribution in [3.05, 3.63) is 90.0 Å². The molecular weight excluding hydrogens is 284 g/mol. The maximum atomic E-state index is 13.3. The number of hydrogen-bond acceptors (Lipinski definition) is 2. The van der Waals surface area contributed by atoms with Gasteiger partial charge in [-0.1, -0.05) is 60.7 Å². The minimum Gasteiger partial charge on any atom is -0.332 e. The Morgan fingerprint density at radius 3 is 2.22 bits per heavy atom. The fourth-order valence-electron chi connectivity index (χ4n) is 2.95. The van der Waals surface area contributed by atoms with Crippen LogP contribution in [0.4, 0.5) is 0 Å². The lowest BCUT2D eigenvalue weighted by Crippen LogP contribution is -2.36. The first-order valence-corrected chi connectivity index (χ1v) is 7.73. The van der Waals surface area contributed by atoms with E-state index in [2.05, 4.69) is 17.1 Å². The molecule has 1 unspecified atom stereocenters. The van der Waals surface area contributed by atoms with Gasteiger partial charge < -0.3 is 4.57 Å². The van der Waals surface area contributed by atoms with Gasteiger partial charge in [0.1, 0.15) is 0 Å². The molecule has 0 bridgehead atoms. The third-order valence-electron chi connectivity index (χ3n) is 4.34. The van der Waals surface area contributed by atoms with Crippen molar-refractivity contribution >= 4 is 5.78 Å². The normalized spacial score (nSPS) is 13.5. The van der Waals surface area contributed by atoms with Crippen molar-refractivity contribution in [3.63, 3.8) is 0 Å². The Morgan fingerprint density at radius 2 is 1.65 bits per heavy atom. The van der Waals surface area contributed by atoms with E-state index in [1.165, 1.54) is 0 Å². The Balaban J connectivity index is 2.07. The Morgan fingerprint density at radius 1 is 1.04 bits per heavy atom. The van der Waals surface area contributed by atoms with E-state index >= 15 is 0 Å². The number of rotatable bonds is 5. The lowest BCUT2D eigenvalue weighted by atomic mass is 9.73. The molecule has 1 atom stereocenters. The zero-order valence-corrected chi connectivity index (χ0v) is 13.4. The van der Waals surface area contributed by atoms with E-state index in [0.717, 1.165) is 11.1 Å². The molecule has 0 amide bonds. The Bertz CT molecular complexity index is 793. The molecular formula is C20H20N2O. The van der Waals surface area contributed by atoms with Crippen LogP contribution in [0, 0.1) is 0 Å². The van der Waals surface area contributed by atoms with Gasteiger partial charge in [-0.25, -0.2) is 4.98 Å². The van der Waals surface area contributed by atoms with Crippen LogP contribution in [0.1, 0.15) is 28.7 Å². The second-order valence-corrected chi connectivity index (χ2v) is 6.05. The largest absolute Gasteiger partial charge is 0.332 e. The van der Waals surface area contributed by atoms with Gasteiger partial charge in [0.25, 0.3) is 0 Å². The number of aromatic nitrogens is 2. The predicted molar refractivity (Wildman–Crippen MR) is 91.5 cm³/mol. The molecule has 23 heavy (non-hydrogen) atoms. The predicted octanol–water partition coefficient (Wildman–Crippen LogP) is 3.80. The van der Waals surface area contributed by atoms with Crippen LogP contribution < -0.4 is 0 Å². The fraction of sp³-hybridized carbons (Fsp3) is 0.200. The van der Waals surface area contributed by atoms with E-state index in [-0.39, 0.29) is 5.78 Å². The first kappa shape index (κ1) is 15.2. The number of ketones is 1. The van der Waals surface area contributed by atoms with Crippen LogP contribution in [0.15, 0.2) is 73.1 Å². The van der Waals surface area contributed by atoms with Crippen LogP contribution in [0.25, 0.3) is 0 Å². The number of carbonyl (C=O) groups is 1. The van der Waals surface area contributed by atoms with Crippen LogP contribution >= 0.6 is 0 Å². The van der Waals surface area contributed by atoms with E-state index in [1.54, 1.807) is 17.0 Å². The van der Waals surface area contributed by atoms with Crippen molar-refractivity contribution in [1.29, 1.82) is 0 Å². The highest BCUT2D eigenvalue weighted by Crippen LogP contribution is 2.31. The van der Waals surface area contributed by atoms with E-state index in [9.17, 15) is 4.79 Å². The molecule has 3 heteroatoms. The number of aryl methyl sites for hydroxylation is 1. The molecule has 0 saturated heterocycles. The molecule has 0 saturated carbocycles. The molecule has 0 aliphatic heterocycles. The quantitative estimate of drug-likeness (QED) is 0.672. The zero-order chi connectivity index (χ0) is 16.3. The van der Waals surface area contributed by atoms with Crippen molar-refractivity contribution < 1.29 is 4.79 Å². The summed E-state index contributed by atoms with van der Waals surface area (Å²) in [5.41, 5.74) is 1.50. The Labute approximate surface area is 136 Å². The molecule has 3 nitrogen and oxygen atoms in total. The van der Waals surface area contributed by atoms with Crippen LogP contribution in [-0.4, -0.2) is 15.3 Å². The van der Waals surface area contributed by atoms with E-state index in [1.807, 2.05) is 62.5 Å². The summed E-state index contributed by atoms with van der Waals surface area (Å²) in [7, 11) is 1.86. The van der Waals surface area contributed by atoms with Gasteiger partial charge in [-0.3, -0.25) is 4.79 Å². The summed E-state index contributed by atoms with van der Waals surface area (Å²) in [6.45, 7) is 2.01. The first-order valence-electron chi connectivity index (χ1n) is 7.73. The van der Waals surface area contributed by atoms with Crippen LogP contribution in [-0.2, 0) is 18.9 Å². The summed E-state index contributed by atoms with van der Waals surface area (Å²) in [4.78, 5) is 17.5. The van der Waals surface area contributed by atoms with Gasteiger partial charge in [0.2, 0.25) is 5.78 Å². The van der Waals surface area contributed by atoms with Crippen LogP contribution in [0.3, 0.4) is 0 Å². The van der Waals surface area contributed by atoms with E-state index in [4.69, 9.17) is 0 Å². The molecule has 116 valence electrons. The summed E-state index contributed by atoms with van der Waals surface area (Å²) in [6.07, 6.45) is 4.12. The minimum atomic E-state index is -0.651. The molecule has 0 aliphatic carbocycles. The van der Waals surface area contributed by atoms with Crippen molar-refractivity contribution in [2.75, 3.05) is 0 Å². The van der Waals surface area contributed by atoms with Gasteiger partial charge in [-0.2, -0.15) is 0 Å². The highest BCUT2D eigenvalue weighted by Gasteiger charge is 2.37. The number of Topliss-reactive ketones (excluding diaryl/α,β-unsaturated/α-hetero) is 1. The monoisotopic (exact) mass is 304 g/mol. The third-order valence-corrected chi connectivity index (χ3v) is 4.34. The van der Waals surface area contributed by atoms with Crippen LogP contribution in [0.5, 0.6) is 0 Å². The SMILES string of the molecule is Cn1ccnc1C(=O)C(C)(Cc1ccccc1)c1ccccc1. The lowest BCUT2D eigenvalue weighted by molar-refractivity contribution is 0.0881. The Hall–Kier alpha value is -2.68. The molecule has 0 spiro atoms. The minimum absolute atomic E-state index is 0.0417. The smallest absolute Gasteiger partial charge is 0.208 e. The average Bonchev–Trinajstić information content (AvgIpc) is 3.01. The number of nitrogens with zero attached hydrogens (tertiary/aromatic N) is 2. The zero-order valence-electron chi connectivity index (χ0n) is 13.4. The number of hydrogen-bond donors (Lipinski definition) is 0. The second-order valence-electron chi connectivity index (χ2n) is 6.05. The van der Waals surface area contributed by atoms with Gasteiger partial charge in [0.05, 0.1) is 5.41 Å². The van der Waals surface area contributed by atoms with Gasteiger partial charge in [0, 0.05) is 19.4 Å². The summed E-state index contributed by atoms with van der Waals surface area (Å²) in [6, 6.07) is 20.1. The van der Waals surface area contributed by atoms with Crippen LogP contribution in [0.2, 0.25) is 0 Å². The van der Waals surface area contributed by atoms with Gasteiger partial charge in [-0.15, -0.1) is 0 Å². The molecule has 2 aromatic carbocycles. The number of carbonyl (C=O) groups excluding carboxylic acids is 1. The molecule has 3 rings (SSSR count). The average molecular weight is 304 g/mol. The van der Waals surface area contributed by atoms with Gasteiger partial charge in [-0.05, 0) is 24.5 Å². The number of imidazole rings is 1. The maximum absolute atomic E-state index is 13.3. The summed E-state index contributed by atoms with van der Waals surface area (Å²) in [5, 5.41) is 0. The molecule has 1 aromatic heterocycles. The topological polar surface area (TPSA) is 34.9 Å². The van der Waals surface area contributed by atoms with E-state index < -0.39 is 5.41 Å². The van der Waals surface area contributed by atoms with Gasteiger partial charge >= 0.3 is 0 Å². The van der Waals surface area contributed by atoms with Crippen molar-refractivity contribution in [3.8, 4) is 0 Å². The summed E-state index contributed by atoms with van der Waals surface area (Å²) < 4.78 is 1.79. The molecule has 3 aromatic rings. The Kier molecular flexibility index (Phi) is 4.11. The van der Waals surface area contributed by atoms with Crippen molar-refractivity contribution in [1.82, 2.24) is 9.55 Å². The highest BCUT2D eigenvalue weighted by atomic mass is 16.1. The third kappa shape index (κ3) is 2.95. The molecule has 0 radical (unpaired) electrons. The van der Waals surface area contributed by atoms with Crippen molar-refractivity contribution in [2.45, 2.75) is 18.8 Å².